The summed E-state index contributed by atoms with van der Waals surface area (Å²) in [6.07, 6.45) is -4.00. The van der Waals surface area contributed by atoms with Crippen molar-refractivity contribution in [2.45, 2.75) is 23.5 Å². The lowest BCUT2D eigenvalue weighted by Gasteiger charge is -2.11. The Hall–Kier alpha value is -2.46. The Morgan fingerprint density at radius 3 is 2.29 bits per heavy atom. The van der Waals surface area contributed by atoms with Crippen LogP contribution in [0.2, 0.25) is 0 Å². The van der Waals surface area contributed by atoms with Gasteiger partial charge >= 0.3 is 6.18 Å². The highest BCUT2D eigenvalue weighted by atomic mass is 79.9. The fourth-order valence-electron chi connectivity index (χ4n) is 2.79. The molecule has 1 heterocycles. The van der Waals surface area contributed by atoms with Crippen LogP contribution in [-0.2, 0) is 18.3 Å². The normalized spacial score (nSPS) is 11.4. The molecule has 0 aliphatic carbocycles. The molecular weight excluding hydrogens is 497 g/mol. The van der Waals surface area contributed by atoms with E-state index in [-0.39, 0.29) is 5.56 Å². The first kappa shape index (κ1) is 23.2. The molecule has 0 spiro atoms. The molecule has 5 nitrogen and oxygen atoms in total. The molecule has 3 rings (SSSR count). The van der Waals surface area contributed by atoms with Gasteiger partial charge in [0.1, 0.15) is 4.47 Å². The molecule has 10 heteroatoms. The number of benzene rings is 2. The summed E-state index contributed by atoms with van der Waals surface area (Å²) in [6, 6.07) is 10.3. The van der Waals surface area contributed by atoms with E-state index in [0.29, 0.717) is 44.6 Å². The van der Waals surface area contributed by atoms with E-state index < -0.39 is 11.7 Å². The van der Waals surface area contributed by atoms with Gasteiger partial charge in [-0.3, -0.25) is 4.79 Å². The van der Waals surface area contributed by atoms with Crippen LogP contribution in [0.1, 0.15) is 22.4 Å². The number of nitrogens with zero attached hydrogens (tertiary/aromatic N) is 1. The smallest absolute Gasteiger partial charge is 0.416 e. The second kappa shape index (κ2) is 9.78. The van der Waals surface area contributed by atoms with Gasteiger partial charge < -0.3 is 14.5 Å². The number of aromatic amines is 1. The lowest BCUT2D eigenvalue weighted by Crippen LogP contribution is -2.13. The number of methoxy groups -OCH3 is 2. The molecular formula is C21H18BrF3N2O3S. The summed E-state index contributed by atoms with van der Waals surface area (Å²) in [5, 5.41) is 0.378. The maximum atomic E-state index is 12.7. The van der Waals surface area contributed by atoms with Crippen molar-refractivity contribution in [2.75, 3.05) is 14.2 Å². The third kappa shape index (κ3) is 5.82. The van der Waals surface area contributed by atoms with Gasteiger partial charge in [-0.05, 0) is 51.3 Å². The van der Waals surface area contributed by atoms with Crippen LogP contribution in [0.15, 0.2) is 56.9 Å². The van der Waals surface area contributed by atoms with Crippen LogP contribution in [0, 0.1) is 0 Å². The van der Waals surface area contributed by atoms with Gasteiger partial charge in [0.25, 0.3) is 5.56 Å². The minimum Gasteiger partial charge on any atom is -0.493 e. The average molecular weight is 515 g/mol. The molecule has 31 heavy (non-hydrogen) atoms. The minimum absolute atomic E-state index is 0.321. The van der Waals surface area contributed by atoms with Gasteiger partial charge in [-0.25, -0.2) is 4.98 Å². The second-order valence-corrected chi connectivity index (χ2v) is 8.24. The first-order chi connectivity index (χ1) is 14.7. The van der Waals surface area contributed by atoms with E-state index in [1.54, 1.807) is 20.3 Å². The predicted molar refractivity (Wildman–Crippen MR) is 116 cm³/mol. The number of hydrogen-bond acceptors (Lipinski definition) is 5. The monoisotopic (exact) mass is 514 g/mol. The van der Waals surface area contributed by atoms with E-state index >= 15 is 0 Å². The third-order valence-corrected chi connectivity index (χ3v) is 6.15. The van der Waals surface area contributed by atoms with Crippen LogP contribution in [0.3, 0.4) is 0 Å². The van der Waals surface area contributed by atoms with Gasteiger partial charge in [-0.2, -0.15) is 13.2 Å². The highest BCUT2D eigenvalue weighted by Gasteiger charge is 2.29. The van der Waals surface area contributed by atoms with E-state index in [9.17, 15) is 18.0 Å². The number of aromatic nitrogens is 2. The summed E-state index contributed by atoms with van der Waals surface area (Å²) in [5.74, 6) is 1.52. The zero-order valence-electron chi connectivity index (χ0n) is 16.5. The van der Waals surface area contributed by atoms with Gasteiger partial charge in [0, 0.05) is 12.2 Å². The number of nitrogens with one attached hydrogen (secondary N) is 1. The fourth-order valence-corrected chi connectivity index (χ4v) is 3.96. The summed E-state index contributed by atoms with van der Waals surface area (Å²) >= 11 is 4.51. The quantitative estimate of drug-likeness (QED) is 0.335. The van der Waals surface area contributed by atoms with E-state index in [4.69, 9.17) is 9.47 Å². The second-order valence-electron chi connectivity index (χ2n) is 6.48. The molecule has 0 saturated heterocycles. The highest BCUT2D eigenvalue weighted by molar-refractivity contribution is 9.10. The van der Waals surface area contributed by atoms with Crippen molar-refractivity contribution in [3.63, 3.8) is 0 Å². The Bertz CT molecular complexity index is 1120. The molecule has 0 atom stereocenters. The summed E-state index contributed by atoms with van der Waals surface area (Å²) in [5.41, 5.74) is 1.06. The number of ether oxygens (including phenoxy) is 2. The van der Waals surface area contributed by atoms with E-state index in [1.165, 1.54) is 23.9 Å². The van der Waals surface area contributed by atoms with E-state index in [1.807, 2.05) is 12.1 Å². The van der Waals surface area contributed by atoms with Crippen molar-refractivity contribution in [1.82, 2.24) is 9.97 Å². The van der Waals surface area contributed by atoms with Crippen LogP contribution in [0.5, 0.6) is 11.5 Å². The fraction of sp³-hybridized carbons (Fsp3) is 0.238. The molecule has 0 bridgehead atoms. The largest absolute Gasteiger partial charge is 0.493 e. The molecule has 3 aromatic rings. The minimum atomic E-state index is -4.37. The summed E-state index contributed by atoms with van der Waals surface area (Å²) < 4.78 is 48.9. The lowest BCUT2D eigenvalue weighted by molar-refractivity contribution is -0.137. The Labute approximate surface area is 189 Å². The van der Waals surface area contributed by atoms with Crippen molar-refractivity contribution >= 4 is 27.7 Å². The Morgan fingerprint density at radius 2 is 1.68 bits per heavy atom. The van der Waals surface area contributed by atoms with Gasteiger partial charge in [0.2, 0.25) is 0 Å². The topological polar surface area (TPSA) is 64.2 Å². The maximum absolute atomic E-state index is 12.7. The van der Waals surface area contributed by atoms with Gasteiger partial charge in [-0.1, -0.05) is 30.0 Å². The molecule has 2 aromatic carbocycles. The third-order valence-electron chi connectivity index (χ3n) is 4.39. The molecule has 1 aromatic heterocycles. The Kier molecular flexibility index (Phi) is 7.32. The molecule has 0 saturated carbocycles. The Morgan fingerprint density at radius 1 is 1.03 bits per heavy atom. The first-order valence-corrected chi connectivity index (χ1v) is 10.8. The molecule has 1 N–H and O–H groups in total. The van der Waals surface area contributed by atoms with Crippen LogP contribution in [0.25, 0.3) is 0 Å². The molecule has 0 unspecified atom stereocenters. The maximum Gasteiger partial charge on any atom is 0.416 e. The zero-order chi connectivity index (χ0) is 22.6. The zero-order valence-corrected chi connectivity index (χ0v) is 19.0. The summed E-state index contributed by atoms with van der Waals surface area (Å²) in [7, 11) is 3.09. The van der Waals surface area contributed by atoms with Crippen LogP contribution in [0.4, 0.5) is 13.2 Å². The highest BCUT2D eigenvalue weighted by Crippen LogP contribution is 2.31. The van der Waals surface area contributed by atoms with Crippen molar-refractivity contribution < 1.29 is 22.6 Å². The number of thioether (sulfide) groups is 1. The lowest BCUT2D eigenvalue weighted by atomic mass is 10.1. The molecule has 0 radical (unpaired) electrons. The van der Waals surface area contributed by atoms with E-state index in [0.717, 1.165) is 17.7 Å². The number of halogens is 4. The summed E-state index contributed by atoms with van der Waals surface area (Å²) in [4.78, 5) is 19.5. The number of alkyl halides is 3. The Balaban J connectivity index is 1.77. The van der Waals surface area contributed by atoms with Crippen LogP contribution < -0.4 is 15.0 Å². The van der Waals surface area contributed by atoms with Crippen LogP contribution >= 0.6 is 27.7 Å². The van der Waals surface area contributed by atoms with Crippen molar-refractivity contribution in [1.29, 1.82) is 0 Å². The molecule has 0 amide bonds. The van der Waals surface area contributed by atoms with Crippen molar-refractivity contribution in [3.8, 4) is 11.5 Å². The predicted octanol–water partition coefficient (Wildman–Crippen LogP) is 5.45. The molecule has 164 valence electrons. The van der Waals surface area contributed by atoms with Crippen LogP contribution in [-0.4, -0.2) is 24.2 Å². The molecule has 0 aliphatic rings. The average Bonchev–Trinajstić information content (AvgIpc) is 2.75. The SMILES string of the molecule is COc1ccc(Cc2nc(SCc3ccc(C(F)(F)F)cc3)[nH]c(=O)c2Br)cc1OC. The van der Waals surface area contributed by atoms with Gasteiger partial charge in [0.05, 0.1) is 25.5 Å². The van der Waals surface area contributed by atoms with Gasteiger partial charge in [0.15, 0.2) is 16.7 Å². The molecule has 0 fully saturated rings. The van der Waals surface area contributed by atoms with E-state index in [2.05, 4.69) is 25.9 Å². The number of rotatable bonds is 7. The van der Waals surface area contributed by atoms with Crippen molar-refractivity contribution in [2.24, 2.45) is 0 Å². The van der Waals surface area contributed by atoms with Gasteiger partial charge in [-0.15, -0.1) is 0 Å². The molecule has 0 aliphatic heterocycles. The first-order valence-electron chi connectivity index (χ1n) is 8.99. The van der Waals surface area contributed by atoms with Crippen molar-refractivity contribution in [3.05, 3.63) is 79.7 Å². The number of H-pyrrole nitrogens is 1. The number of hydrogen-bond donors (Lipinski definition) is 1. The summed E-state index contributed by atoms with van der Waals surface area (Å²) in [6.45, 7) is 0. The standard InChI is InChI=1S/C21H18BrF3N2O3S/c1-29-16-8-5-13(10-17(16)30-2)9-15-18(22)19(28)27-20(26-15)31-11-12-3-6-14(7-4-12)21(23,24)25/h3-8,10H,9,11H2,1-2H3,(H,26,27,28).